The number of hydrogen-bond acceptors (Lipinski definition) is 3. The number of benzene rings is 5. The fraction of sp³-hybridized carbons (Fsp3) is 0.289. The van der Waals surface area contributed by atoms with E-state index in [1.165, 1.54) is 24.7 Å². The van der Waals surface area contributed by atoms with Gasteiger partial charge in [0.15, 0.2) is 0 Å². The van der Waals surface area contributed by atoms with E-state index in [1.807, 2.05) is 0 Å². The van der Waals surface area contributed by atoms with Crippen molar-refractivity contribution in [2.24, 2.45) is 0 Å². The summed E-state index contributed by atoms with van der Waals surface area (Å²) < 4.78 is 27.3. The number of ether oxygens (including phenoxy) is 2. The van der Waals surface area contributed by atoms with Crippen molar-refractivity contribution in [1.82, 2.24) is 0 Å². The molecule has 0 aliphatic carbocycles. The van der Waals surface area contributed by atoms with Gasteiger partial charge in [0.05, 0.1) is 0 Å². The van der Waals surface area contributed by atoms with Gasteiger partial charge in [0.2, 0.25) is 0 Å². The van der Waals surface area contributed by atoms with E-state index < -0.39 is 32.5 Å². The van der Waals surface area contributed by atoms with Crippen LogP contribution in [-0.2, 0) is 13.9 Å². The van der Waals surface area contributed by atoms with E-state index in [0.29, 0.717) is 6.61 Å². The van der Waals surface area contributed by atoms with Gasteiger partial charge in [-0.15, -0.1) is 0 Å². The monoisotopic (exact) mass is 788 g/mol. The molecule has 0 unspecified atom stereocenters. The van der Waals surface area contributed by atoms with Crippen LogP contribution < -0.4 is 21.1 Å². The van der Waals surface area contributed by atoms with Gasteiger partial charge >= 0.3 is 307 Å². The molecule has 0 bridgehead atoms. The first-order valence-corrected chi connectivity index (χ1v) is 25.7. The summed E-state index contributed by atoms with van der Waals surface area (Å²) in [4.78, 5) is 0. The molecule has 5 aromatic carbocycles. The van der Waals surface area contributed by atoms with Gasteiger partial charge in [0, 0.05) is 0 Å². The molecule has 258 valence electrons. The van der Waals surface area contributed by atoms with Gasteiger partial charge in [-0.3, -0.25) is 0 Å². The molecule has 1 fully saturated rings. The average molecular weight is 788 g/mol. The van der Waals surface area contributed by atoms with Gasteiger partial charge in [-0.25, -0.2) is 0 Å². The summed E-state index contributed by atoms with van der Waals surface area (Å²) in [6.07, 6.45) is 3.94. The number of rotatable bonds is 12. The standard InChI is InChI=1S/C27H37O3Si.3C6H5.Sn/c1-7-8-11-20-24-25(30-27(5,6)29-24)21-28-31(26(2,3)4,22-16-12-9-13-17-22)23-18-14-10-15-19-23;3*1-2-4-6-5-3-1;/h9-19,24-25H,7-8,21H2,1-6H3;3*1-5H;/t24-,25+;;;;/m0..../s1. The van der Waals surface area contributed by atoms with Crippen molar-refractivity contribution in [1.29, 1.82) is 0 Å². The summed E-state index contributed by atoms with van der Waals surface area (Å²) >= 11 is -4.04. The minimum atomic E-state index is -4.04. The van der Waals surface area contributed by atoms with Gasteiger partial charge < -0.3 is 0 Å². The molecule has 1 heterocycles. The second-order valence-corrected chi connectivity index (χ2v) is 30.0. The van der Waals surface area contributed by atoms with E-state index in [-0.39, 0.29) is 17.2 Å². The van der Waals surface area contributed by atoms with Gasteiger partial charge in [0.25, 0.3) is 0 Å². The van der Waals surface area contributed by atoms with E-state index >= 15 is 0 Å². The molecular formula is C45H52O3SiSn. The molecule has 3 nitrogen and oxygen atoms in total. The quantitative estimate of drug-likeness (QED) is 0.123. The number of unbranched alkanes of at least 4 members (excludes halogenated alkanes) is 1. The van der Waals surface area contributed by atoms with Crippen LogP contribution in [0.15, 0.2) is 161 Å². The zero-order valence-electron chi connectivity index (χ0n) is 30.5. The summed E-state index contributed by atoms with van der Waals surface area (Å²) in [6, 6.07) is 55.5. The van der Waals surface area contributed by atoms with Gasteiger partial charge in [-0.2, -0.15) is 0 Å². The summed E-state index contributed by atoms with van der Waals surface area (Å²) in [5.41, 5.74) is 0. The van der Waals surface area contributed by atoms with E-state index in [2.05, 4.69) is 199 Å². The van der Waals surface area contributed by atoms with Gasteiger partial charge in [-0.05, 0) is 0 Å². The maximum absolute atomic E-state index is 7.59. The van der Waals surface area contributed by atoms with Crippen molar-refractivity contribution < 1.29 is 13.9 Å². The Morgan fingerprint density at radius 3 is 1.44 bits per heavy atom. The Morgan fingerprint density at radius 1 is 0.660 bits per heavy atom. The molecule has 5 aromatic rings. The molecule has 0 spiro atoms. The zero-order chi connectivity index (χ0) is 35.2. The van der Waals surface area contributed by atoms with Crippen molar-refractivity contribution in [2.75, 3.05) is 6.61 Å². The fourth-order valence-corrected chi connectivity index (χ4v) is 27.4. The van der Waals surface area contributed by atoms with Crippen LogP contribution in [0, 0.1) is 0 Å². The Labute approximate surface area is 305 Å². The van der Waals surface area contributed by atoms with Crippen molar-refractivity contribution in [3.8, 4) is 0 Å². The molecule has 0 N–H and O–H groups in total. The van der Waals surface area contributed by atoms with Crippen LogP contribution in [0.2, 0.25) is 5.04 Å². The Balaban J connectivity index is 1.55. The summed E-state index contributed by atoms with van der Waals surface area (Å²) in [5, 5.41) is 2.38. The molecule has 0 aromatic heterocycles. The van der Waals surface area contributed by atoms with Crippen molar-refractivity contribution >= 4 is 47.8 Å². The number of allylic oxidation sites excluding steroid dienone is 1. The third-order valence-corrected chi connectivity index (χ3v) is 29.2. The van der Waals surface area contributed by atoms with Crippen LogP contribution in [0.25, 0.3) is 0 Å². The molecule has 0 amide bonds. The van der Waals surface area contributed by atoms with E-state index in [1.54, 1.807) is 0 Å². The first kappa shape index (κ1) is 36.5. The third kappa shape index (κ3) is 7.11. The molecule has 1 aliphatic rings. The topological polar surface area (TPSA) is 27.7 Å². The molecule has 6 rings (SSSR count). The van der Waals surface area contributed by atoms with Crippen molar-refractivity contribution in [3.05, 3.63) is 161 Å². The van der Waals surface area contributed by atoms with Crippen LogP contribution >= 0.6 is 0 Å². The molecule has 5 heteroatoms. The predicted molar refractivity (Wildman–Crippen MR) is 214 cm³/mol. The Morgan fingerprint density at radius 2 is 1.06 bits per heavy atom. The molecule has 0 radical (unpaired) electrons. The van der Waals surface area contributed by atoms with E-state index in [0.717, 1.165) is 12.8 Å². The summed E-state index contributed by atoms with van der Waals surface area (Å²) in [7, 11) is -2.83. The second-order valence-electron chi connectivity index (χ2n) is 14.9. The third-order valence-electron chi connectivity index (χ3n) is 10.1. The van der Waals surface area contributed by atoms with Crippen molar-refractivity contribution in [3.63, 3.8) is 0 Å². The molecule has 2 atom stereocenters. The summed E-state index contributed by atoms with van der Waals surface area (Å²) in [5.74, 6) is -0.781. The molecule has 1 aliphatic heterocycles. The molecule has 50 heavy (non-hydrogen) atoms. The first-order valence-electron chi connectivity index (χ1n) is 18.1. The minimum absolute atomic E-state index is 0.151. The SMILES string of the molecule is CCC/C=[C](\[C@@H]1OC(C)(C)O[C@@H]1CO[Si](c1ccccc1)(c1ccccc1)C(C)(C)C)[Sn]([c]1ccccc1)([c]1ccccc1)[c]1ccccc1. The average Bonchev–Trinajstić information content (AvgIpc) is 3.45. The first-order chi connectivity index (χ1) is 24.1. The van der Waals surface area contributed by atoms with Crippen LogP contribution in [-0.4, -0.2) is 51.3 Å². The molecular weight excluding hydrogens is 735 g/mol. The Kier molecular flexibility index (Phi) is 11.4. The van der Waals surface area contributed by atoms with Gasteiger partial charge in [0.1, 0.15) is 0 Å². The van der Waals surface area contributed by atoms with Crippen molar-refractivity contribution in [2.45, 2.75) is 77.4 Å². The fourth-order valence-electron chi connectivity index (χ4n) is 8.04. The van der Waals surface area contributed by atoms with Crippen LogP contribution in [0.3, 0.4) is 0 Å². The maximum atomic E-state index is 7.59. The predicted octanol–water partition coefficient (Wildman–Crippen LogP) is 7.52. The van der Waals surface area contributed by atoms with Crippen LogP contribution in [0.1, 0.15) is 54.4 Å². The van der Waals surface area contributed by atoms with Crippen LogP contribution in [0.5, 0.6) is 0 Å². The Hall–Kier alpha value is -3.26. The van der Waals surface area contributed by atoms with E-state index in [4.69, 9.17) is 13.9 Å². The van der Waals surface area contributed by atoms with Crippen LogP contribution in [0.4, 0.5) is 0 Å². The molecule has 0 saturated carbocycles. The Bertz CT molecular complexity index is 1690. The molecule has 1 saturated heterocycles. The van der Waals surface area contributed by atoms with Gasteiger partial charge in [-0.1, -0.05) is 0 Å². The normalized spacial score (nSPS) is 18.2. The zero-order valence-corrected chi connectivity index (χ0v) is 34.4. The second kappa shape index (κ2) is 15.5. The summed E-state index contributed by atoms with van der Waals surface area (Å²) in [6.45, 7) is 13.8. The number of hydrogen-bond donors (Lipinski definition) is 0. The van der Waals surface area contributed by atoms with E-state index in [9.17, 15) is 0 Å².